The van der Waals surface area contributed by atoms with Crippen LogP contribution in [0.15, 0.2) is 42.9 Å². The Hall–Kier alpha value is -1.35. The maximum absolute atomic E-state index is 12.4. The quantitative estimate of drug-likeness (QED) is 0.399. The number of hydrogen-bond donors (Lipinski definition) is 2. The first-order chi connectivity index (χ1) is 12.7. The number of carbonyl (C=O) groups excluding carboxylic acids is 2. The van der Waals surface area contributed by atoms with Crippen molar-refractivity contribution in [3.05, 3.63) is 54.8 Å². The molecule has 0 bridgehead atoms. The highest BCUT2D eigenvalue weighted by atomic mass is 79.9. The fourth-order valence-corrected chi connectivity index (χ4v) is 2.96. The number of nitrogens with zero attached hydrogens (tertiary/aromatic N) is 1. The van der Waals surface area contributed by atoms with Crippen LogP contribution in [0.2, 0.25) is 10.0 Å². The highest BCUT2D eigenvalue weighted by Gasteiger charge is 2.24. The smallest absolute Gasteiger partial charge is 0.262 e. The van der Waals surface area contributed by atoms with E-state index in [4.69, 9.17) is 27.6 Å². The second-order valence-electron chi connectivity index (χ2n) is 5.83. The molecule has 2 rings (SSSR count). The molecule has 0 spiro atoms. The zero-order chi connectivity index (χ0) is 20.1. The van der Waals surface area contributed by atoms with Crippen molar-refractivity contribution in [3.63, 3.8) is 0 Å². The topological polar surface area (TPSA) is 83.7 Å². The lowest BCUT2D eigenvalue weighted by molar-refractivity contribution is -0.123. The molecule has 1 aromatic heterocycles. The highest BCUT2D eigenvalue weighted by Crippen LogP contribution is 2.25. The van der Waals surface area contributed by atoms with Gasteiger partial charge >= 0.3 is 0 Å². The van der Waals surface area contributed by atoms with Crippen molar-refractivity contribution in [2.75, 3.05) is 0 Å². The van der Waals surface area contributed by atoms with Crippen molar-refractivity contribution in [1.29, 1.82) is 0 Å². The highest BCUT2D eigenvalue weighted by molar-refractivity contribution is 9.13. The third-order valence-corrected chi connectivity index (χ3v) is 5.90. The van der Waals surface area contributed by atoms with Crippen LogP contribution in [0, 0.1) is 5.92 Å². The normalized spacial score (nSPS) is 12.4. The summed E-state index contributed by atoms with van der Waals surface area (Å²) in [5, 5.41) is 7.14. The summed E-state index contributed by atoms with van der Waals surface area (Å²) in [6, 6.07) is 5.39. The van der Waals surface area contributed by atoms with Gasteiger partial charge in [0.2, 0.25) is 0 Å². The number of hydrogen-bond acceptors (Lipinski definition) is 4. The number of furan rings is 1. The Balaban J connectivity index is 2.03. The molecule has 0 radical (unpaired) electrons. The number of carbonyl (C=O) groups is 2. The van der Waals surface area contributed by atoms with Gasteiger partial charge in [0.25, 0.3) is 11.8 Å². The summed E-state index contributed by atoms with van der Waals surface area (Å²) < 4.78 is 6.57. The number of halogens is 4. The molecule has 1 unspecified atom stereocenters. The third kappa shape index (κ3) is 6.07. The Morgan fingerprint density at radius 2 is 1.89 bits per heavy atom. The van der Waals surface area contributed by atoms with E-state index in [2.05, 4.69) is 47.7 Å². The summed E-state index contributed by atoms with van der Waals surface area (Å²) in [5.41, 5.74) is 2.70. The van der Waals surface area contributed by atoms with Crippen molar-refractivity contribution in [3.8, 4) is 0 Å². The second-order valence-corrected chi connectivity index (χ2v) is 8.22. The number of hydrazone groups is 1. The summed E-state index contributed by atoms with van der Waals surface area (Å²) >= 11 is 18.3. The van der Waals surface area contributed by atoms with E-state index in [1.807, 2.05) is 13.8 Å². The monoisotopic (exact) mass is 537 g/mol. The Labute approximate surface area is 182 Å². The van der Waals surface area contributed by atoms with Crippen molar-refractivity contribution in [1.82, 2.24) is 10.7 Å². The van der Waals surface area contributed by atoms with Gasteiger partial charge in [-0.1, -0.05) is 37.0 Å². The number of amides is 2. The van der Waals surface area contributed by atoms with Gasteiger partial charge in [-0.2, -0.15) is 5.10 Å². The van der Waals surface area contributed by atoms with Gasteiger partial charge in [0.15, 0.2) is 4.67 Å². The summed E-state index contributed by atoms with van der Waals surface area (Å²) in [6.45, 7) is 3.62. The van der Waals surface area contributed by atoms with Gasteiger partial charge in [0, 0.05) is 11.6 Å². The average Bonchev–Trinajstić information content (AvgIpc) is 2.92. The Kier molecular flexibility index (Phi) is 7.91. The van der Waals surface area contributed by atoms with Gasteiger partial charge in [-0.25, -0.2) is 5.43 Å². The number of nitrogens with one attached hydrogen (secondary N) is 2. The van der Waals surface area contributed by atoms with E-state index in [1.165, 1.54) is 24.4 Å². The first-order valence-corrected chi connectivity index (χ1v) is 10.1. The molecular formula is C17H15Br2Cl2N3O3. The van der Waals surface area contributed by atoms with Gasteiger partial charge < -0.3 is 9.73 Å². The molecule has 6 nitrogen and oxygen atoms in total. The maximum atomic E-state index is 12.4. The average molecular weight is 540 g/mol. The fraction of sp³-hybridized carbons (Fsp3) is 0.235. The summed E-state index contributed by atoms with van der Waals surface area (Å²) in [4.78, 5) is 24.8. The van der Waals surface area contributed by atoms with Crippen LogP contribution in [0.25, 0.3) is 0 Å². The lowest BCUT2D eigenvalue weighted by Gasteiger charge is -2.20. The zero-order valence-corrected chi connectivity index (χ0v) is 18.9. The minimum atomic E-state index is -0.792. The Morgan fingerprint density at radius 3 is 2.44 bits per heavy atom. The molecule has 1 heterocycles. The zero-order valence-electron chi connectivity index (χ0n) is 14.2. The lowest BCUT2D eigenvalue weighted by Crippen LogP contribution is -2.48. The molecule has 27 heavy (non-hydrogen) atoms. The molecule has 0 saturated carbocycles. The molecule has 2 amide bonds. The van der Waals surface area contributed by atoms with Gasteiger partial charge in [-0.15, -0.1) is 0 Å². The first kappa shape index (κ1) is 21.9. The molecule has 2 aromatic rings. The lowest BCUT2D eigenvalue weighted by atomic mass is 10.0. The summed E-state index contributed by atoms with van der Waals surface area (Å²) in [7, 11) is 0. The van der Waals surface area contributed by atoms with Crippen molar-refractivity contribution in [2.45, 2.75) is 19.9 Å². The van der Waals surface area contributed by atoms with Crippen LogP contribution in [0.3, 0.4) is 0 Å². The van der Waals surface area contributed by atoms with E-state index in [0.29, 0.717) is 21.0 Å². The molecule has 1 atom stereocenters. The largest absolute Gasteiger partial charge is 0.447 e. The Bertz CT molecular complexity index is 865. The van der Waals surface area contributed by atoms with Gasteiger partial charge in [-0.05, 0) is 56.0 Å². The van der Waals surface area contributed by atoms with Crippen LogP contribution in [0.5, 0.6) is 0 Å². The van der Waals surface area contributed by atoms with Crippen molar-refractivity contribution in [2.24, 2.45) is 11.0 Å². The van der Waals surface area contributed by atoms with Crippen LogP contribution in [0.1, 0.15) is 30.0 Å². The molecule has 0 aliphatic heterocycles. The molecule has 10 heteroatoms. The molecule has 0 aliphatic carbocycles. The van der Waals surface area contributed by atoms with Crippen molar-refractivity contribution >= 4 is 73.1 Å². The van der Waals surface area contributed by atoms with E-state index < -0.39 is 17.9 Å². The van der Waals surface area contributed by atoms with Crippen LogP contribution in [-0.4, -0.2) is 24.1 Å². The Morgan fingerprint density at radius 1 is 1.19 bits per heavy atom. The molecule has 0 fully saturated rings. The SMILES string of the molecule is CC(C)C(NC(=O)c1ccc(Cl)c(Cl)c1)C(=O)NN=Cc1cc(Br)c(Br)o1. The summed E-state index contributed by atoms with van der Waals surface area (Å²) in [5.74, 6) is -0.626. The fourth-order valence-electron chi connectivity index (χ4n) is 2.05. The van der Waals surface area contributed by atoms with E-state index >= 15 is 0 Å². The predicted octanol–water partition coefficient (Wildman–Crippen LogP) is 5.02. The van der Waals surface area contributed by atoms with E-state index in [-0.39, 0.29) is 10.9 Å². The maximum Gasteiger partial charge on any atom is 0.262 e. The number of benzene rings is 1. The van der Waals surface area contributed by atoms with Gasteiger partial charge in [0.1, 0.15) is 11.8 Å². The standard InChI is InChI=1S/C17H15Br2Cl2N3O3/c1-8(2)14(23-16(25)9-3-4-12(20)13(21)5-9)17(26)24-22-7-10-6-11(18)15(19)27-10/h3-8,14H,1-2H3,(H,23,25)(H,24,26). The molecule has 0 saturated heterocycles. The van der Waals surface area contributed by atoms with E-state index in [1.54, 1.807) is 6.07 Å². The van der Waals surface area contributed by atoms with E-state index in [0.717, 1.165) is 4.47 Å². The molecule has 144 valence electrons. The molecule has 1 aromatic carbocycles. The molecule has 0 aliphatic rings. The van der Waals surface area contributed by atoms with Crippen molar-refractivity contribution < 1.29 is 14.0 Å². The van der Waals surface area contributed by atoms with Crippen LogP contribution >= 0.6 is 55.1 Å². The predicted molar refractivity (Wildman–Crippen MR) is 112 cm³/mol. The molecule has 2 N–H and O–H groups in total. The third-order valence-electron chi connectivity index (χ3n) is 3.45. The molecular weight excluding hydrogens is 525 g/mol. The first-order valence-electron chi connectivity index (χ1n) is 7.72. The number of rotatable bonds is 6. The van der Waals surface area contributed by atoms with E-state index in [9.17, 15) is 9.59 Å². The van der Waals surface area contributed by atoms with Gasteiger partial charge in [-0.3, -0.25) is 9.59 Å². The van der Waals surface area contributed by atoms with Crippen LogP contribution < -0.4 is 10.7 Å². The minimum absolute atomic E-state index is 0.168. The van der Waals surface area contributed by atoms with Crippen LogP contribution in [0.4, 0.5) is 0 Å². The second kappa shape index (κ2) is 9.73. The van der Waals surface area contributed by atoms with Crippen LogP contribution in [-0.2, 0) is 4.79 Å². The minimum Gasteiger partial charge on any atom is -0.447 e. The summed E-state index contributed by atoms with van der Waals surface area (Å²) in [6.07, 6.45) is 1.35. The van der Waals surface area contributed by atoms with Gasteiger partial charge in [0.05, 0.1) is 20.7 Å².